The molecule has 11 nitrogen and oxygen atoms in total. The lowest BCUT2D eigenvalue weighted by Gasteiger charge is -2.25. The zero-order valence-electron chi connectivity index (χ0n) is 22.3. The van der Waals surface area contributed by atoms with Gasteiger partial charge >= 0.3 is 5.63 Å². The Bertz CT molecular complexity index is 1840. The molecule has 2 aromatic carbocycles. The number of aromatic hydroxyl groups is 1. The molecule has 1 atom stereocenters. The summed E-state index contributed by atoms with van der Waals surface area (Å²) in [6, 6.07) is 11.7. The number of likely N-dealkylation sites (N-methyl/N-ethyl adjacent to an activating group) is 1. The third-order valence-electron chi connectivity index (χ3n) is 7.02. The molecule has 0 aliphatic carbocycles. The Morgan fingerprint density at radius 1 is 1.17 bits per heavy atom. The maximum atomic E-state index is 13.1. The van der Waals surface area contributed by atoms with E-state index in [9.17, 15) is 9.90 Å². The van der Waals surface area contributed by atoms with Gasteiger partial charge in [0.1, 0.15) is 35.4 Å². The van der Waals surface area contributed by atoms with Crippen LogP contribution in [0, 0.1) is 0 Å². The molecule has 41 heavy (non-hydrogen) atoms. The molecule has 6 rings (SSSR count). The summed E-state index contributed by atoms with van der Waals surface area (Å²) in [6.45, 7) is 3.35. The molecule has 5 aromatic rings. The molecule has 0 spiro atoms. The molecule has 4 heterocycles. The van der Waals surface area contributed by atoms with Crippen molar-refractivity contribution in [1.82, 2.24) is 24.6 Å². The number of hydrogen-bond acceptors (Lipinski definition) is 9. The standard InChI is InChI=1S/C28H25ClN6O3.CH2O2/c1-15(25-22(16-7-9-34(2)10-8-16)20-5-3-4-6-21(20)28(37)38-25)35-27-23(26(30)31-14-32-27)24(33-35)17-11-18(29)13-19(36)12-17;2-1-3/h3-7,11-15,36H,8-10H2,1-2H3,(H2,30,31,32);1H,(H,2,3). The first kappa shape index (κ1) is 27.8. The molecule has 0 fully saturated rings. The van der Waals surface area contributed by atoms with Crippen molar-refractivity contribution in [3.63, 3.8) is 0 Å². The second-order valence-electron chi connectivity index (χ2n) is 9.65. The number of carbonyl (C=O) groups is 1. The minimum Gasteiger partial charge on any atom is -0.508 e. The molecule has 3 aromatic heterocycles. The molecular formula is C29H27ClN6O5. The first-order valence-electron chi connectivity index (χ1n) is 12.7. The zero-order valence-corrected chi connectivity index (χ0v) is 23.0. The fourth-order valence-electron chi connectivity index (χ4n) is 5.13. The number of phenols is 1. The molecule has 1 aliphatic rings. The number of anilines is 1. The highest BCUT2D eigenvalue weighted by atomic mass is 35.5. The Kier molecular flexibility index (Phi) is 7.73. The van der Waals surface area contributed by atoms with Crippen LogP contribution < -0.4 is 11.4 Å². The summed E-state index contributed by atoms with van der Waals surface area (Å²) < 4.78 is 7.73. The maximum Gasteiger partial charge on any atom is 0.343 e. The van der Waals surface area contributed by atoms with E-state index >= 15 is 0 Å². The van der Waals surface area contributed by atoms with Gasteiger partial charge in [0, 0.05) is 29.2 Å². The molecule has 1 unspecified atom stereocenters. The predicted molar refractivity (Wildman–Crippen MR) is 157 cm³/mol. The zero-order chi connectivity index (χ0) is 29.3. The van der Waals surface area contributed by atoms with Crippen LogP contribution in [0.15, 0.2) is 64.1 Å². The number of halogens is 1. The quantitative estimate of drug-likeness (QED) is 0.259. The van der Waals surface area contributed by atoms with Crippen molar-refractivity contribution in [3.8, 4) is 17.0 Å². The lowest BCUT2D eigenvalue weighted by atomic mass is 9.92. The molecule has 0 saturated heterocycles. The van der Waals surface area contributed by atoms with E-state index in [1.807, 2.05) is 25.1 Å². The lowest BCUT2D eigenvalue weighted by molar-refractivity contribution is -0.122. The molecule has 0 bridgehead atoms. The summed E-state index contributed by atoms with van der Waals surface area (Å²) in [5, 5.41) is 24.2. The van der Waals surface area contributed by atoms with E-state index < -0.39 is 11.7 Å². The monoisotopic (exact) mass is 574 g/mol. The highest BCUT2D eigenvalue weighted by Crippen LogP contribution is 2.39. The van der Waals surface area contributed by atoms with E-state index in [-0.39, 0.29) is 18.0 Å². The van der Waals surface area contributed by atoms with E-state index in [0.717, 1.165) is 36.0 Å². The number of rotatable bonds is 4. The molecule has 1 aliphatic heterocycles. The van der Waals surface area contributed by atoms with E-state index in [1.54, 1.807) is 22.9 Å². The van der Waals surface area contributed by atoms with Crippen molar-refractivity contribution in [2.24, 2.45) is 0 Å². The van der Waals surface area contributed by atoms with Gasteiger partial charge in [0.25, 0.3) is 6.47 Å². The molecule has 12 heteroatoms. The predicted octanol–water partition coefficient (Wildman–Crippen LogP) is 4.57. The summed E-state index contributed by atoms with van der Waals surface area (Å²) in [4.78, 5) is 32.4. The Hall–Kier alpha value is -4.74. The number of aromatic nitrogens is 4. The topological polar surface area (TPSA) is 161 Å². The van der Waals surface area contributed by atoms with Gasteiger partial charge < -0.3 is 25.3 Å². The van der Waals surface area contributed by atoms with Crippen molar-refractivity contribution in [1.29, 1.82) is 0 Å². The van der Waals surface area contributed by atoms with Crippen molar-refractivity contribution in [2.75, 3.05) is 25.9 Å². The van der Waals surface area contributed by atoms with Crippen LogP contribution in [-0.2, 0) is 4.79 Å². The fraction of sp³-hybridized carbons (Fsp3) is 0.207. The second-order valence-corrected chi connectivity index (χ2v) is 10.1. The molecule has 4 N–H and O–H groups in total. The Morgan fingerprint density at radius 2 is 1.90 bits per heavy atom. The number of carboxylic acid groups (broad SMARTS) is 1. The summed E-state index contributed by atoms with van der Waals surface area (Å²) >= 11 is 6.23. The van der Waals surface area contributed by atoms with E-state index in [2.05, 4.69) is 28.0 Å². The third-order valence-corrected chi connectivity index (χ3v) is 7.24. The number of phenolic OH excluding ortho intramolecular Hbond substituents is 1. The minimum absolute atomic E-state index is 0.00400. The Morgan fingerprint density at radius 3 is 2.59 bits per heavy atom. The Labute approximate surface area is 239 Å². The molecule has 0 saturated carbocycles. The van der Waals surface area contributed by atoms with Gasteiger partial charge in [-0.25, -0.2) is 19.4 Å². The SMILES string of the molecule is CC(c1oc(=O)c2ccccc2c1C1=CCN(C)CC1)n1nc(-c2cc(O)cc(Cl)c2)c2c(N)ncnc21.O=CO. The van der Waals surface area contributed by atoms with E-state index in [0.29, 0.717) is 38.5 Å². The first-order chi connectivity index (χ1) is 19.7. The second kappa shape index (κ2) is 11.4. The first-order valence-corrected chi connectivity index (χ1v) is 13.1. The number of nitrogens with zero attached hydrogens (tertiary/aromatic N) is 5. The van der Waals surface area contributed by atoms with Gasteiger partial charge in [-0.1, -0.05) is 35.9 Å². The van der Waals surface area contributed by atoms with Crippen LogP contribution in [0.1, 0.15) is 30.7 Å². The van der Waals surface area contributed by atoms with Crippen LogP contribution in [0.3, 0.4) is 0 Å². The van der Waals surface area contributed by atoms with Gasteiger partial charge in [0.05, 0.1) is 10.8 Å². The normalized spacial score (nSPS) is 14.4. The highest BCUT2D eigenvalue weighted by Gasteiger charge is 2.28. The van der Waals surface area contributed by atoms with Gasteiger partial charge in [-0.2, -0.15) is 5.10 Å². The lowest BCUT2D eigenvalue weighted by Crippen LogP contribution is -2.24. The van der Waals surface area contributed by atoms with Crippen LogP contribution in [0.2, 0.25) is 5.02 Å². The van der Waals surface area contributed by atoms with Crippen LogP contribution in [0.5, 0.6) is 5.75 Å². The average Bonchev–Trinajstić information content (AvgIpc) is 3.34. The third kappa shape index (κ3) is 5.24. The summed E-state index contributed by atoms with van der Waals surface area (Å²) in [6.07, 6.45) is 4.37. The smallest absolute Gasteiger partial charge is 0.343 e. The van der Waals surface area contributed by atoms with Crippen LogP contribution in [-0.4, -0.2) is 61.5 Å². The van der Waals surface area contributed by atoms with Gasteiger partial charge in [-0.05, 0) is 55.6 Å². The van der Waals surface area contributed by atoms with Crippen molar-refractivity contribution < 1.29 is 19.4 Å². The van der Waals surface area contributed by atoms with Crippen molar-refractivity contribution >= 4 is 51.3 Å². The largest absolute Gasteiger partial charge is 0.508 e. The summed E-state index contributed by atoms with van der Waals surface area (Å²) in [7, 11) is 2.08. The van der Waals surface area contributed by atoms with Crippen LogP contribution in [0.4, 0.5) is 5.82 Å². The molecule has 0 radical (unpaired) electrons. The van der Waals surface area contributed by atoms with Crippen LogP contribution in [0.25, 0.3) is 38.6 Å². The van der Waals surface area contributed by atoms with E-state index in [4.69, 9.17) is 36.8 Å². The number of nitrogen functional groups attached to an aromatic ring is 1. The molecular weight excluding hydrogens is 548 g/mol. The fourth-order valence-corrected chi connectivity index (χ4v) is 5.36. The van der Waals surface area contributed by atoms with Crippen molar-refractivity contribution in [3.05, 3.63) is 81.6 Å². The molecule has 0 amide bonds. The number of nitrogens with two attached hydrogens (primary N) is 1. The number of fused-ring (bicyclic) bond motifs is 2. The summed E-state index contributed by atoms with van der Waals surface area (Å²) in [5.74, 6) is 0.725. The van der Waals surface area contributed by atoms with Gasteiger partial charge in [0.2, 0.25) is 0 Å². The maximum absolute atomic E-state index is 13.1. The van der Waals surface area contributed by atoms with Crippen molar-refractivity contribution in [2.45, 2.75) is 19.4 Å². The average molecular weight is 575 g/mol. The minimum atomic E-state index is -0.527. The summed E-state index contributed by atoms with van der Waals surface area (Å²) in [5.41, 5.74) is 9.40. The molecule has 210 valence electrons. The van der Waals surface area contributed by atoms with E-state index in [1.165, 1.54) is 12.4 Å². The number of benzene rings is 2. The number of hydrogen-bond donors (Lipinski definition) is 3. The Balaban J connectivity index is 0.00000108. The highest BCUT2D eigenvalue weighted by molar-refractivity contribution is 6.31. The van der Waals surface area contributed by atoms with Gasteiger partial charge in [0.15, 0.2) is 5.65 Å². The van der Waals surface area contributed by atoms with Crippen LogP contribution >= 0.6 is 11.6 Å². The van der Waals surface area contributed by atoms with Gasteiger partial charge in [-0.3, -0.25) is 4.79 Å². The van der Waals surface area contributed by atoms with Gasteiger partial charge in [-0.15, -0.1) is 0 Å².